The summed E-state index contributed by atoms with van der Waals surface area (Å²) in [5, 5.41) is 4.41. The standard InChI is InChI=1S/C13H21NO3S/c15-18(16,17)3-1-2-14-13-7-10-4-11(8-13)6-12(5-10)9-13/h1,3,10-12,14H,2,4-9H2,(H,15,16,17). The van der Waals surface area contributed by atoms with Gasteiger partial charge >= 0.3 is 0 Å². The van der Waals surface area contributed by atoms with Crippen LogP contribution in [0.5, 0.6) is 0 Å². The highest BCUT2D eigenvalue weighted by Crippen LogP contribution is 2.55. The fraction of sp³-hybridized carbons (Fsp3) is 0.846. The van der Waals surface area contributed by atoms with Crippen LogP contribution in [0.15, 0.2) is 11.5 Å². The molecule has 0 atom stereocenters. The normalized spacial score (nSPS) is 42.8. The molecule has 18 heavy (non-hydrogen) atoms. The second-order valence-corrected chi connectivity index (χ2v) is 7.77. The molecule has 0 aromatic heterocycles. The van der Waals surface area contributed by atoms with Crippen LogP contribution in [-0.2, 0) is 10.1 Å². The van der Waals surface area contributed by atoms with Crippen LogP contribution in [0.25, 0.3) is 0 Å². The lowest BCUT2D eigenvalue weighted by atomic mass is 9.53. The third kappa shape index (κ3) is 2.63. The molecule has 0 unspecified atom stereocenters. The Morgan fingerprint density at radius 3 is 2.06 bits per heavy atom. The quantitative estimate of drug-likeness (QED) is 0.767. The largest absolute Gasteiger partial charge is 0.308 e. The summed E-state index contributed by atoms with van der Waals surface area (Å²) in [7, 11) is -3.97. The summed E-state index contributed by atoms with van der Waals surface area (Å²) in [6.45, 7) is 0.534. The highest BCUT2D eigenvalue weighted by molar-refractivity contribution is 7.88. The lowest BCUT2D eigenvalue weighted by Gasteiger charge is -2.57. The van der Waals surface area contributed by atoms with Gasteiger partial charge in [-0.15, -0.1) is 0 Å². The van der Waals surface area contributed by atoms with Crippen molar-refractivity contribution in [1.29, 1.82) is 0 Å². The van der Waals surface area contributed by atoms with E-state index < -0.39 is 10.1 Å². The van der Waals surface area contributed by atoms with Gasteiger partial charge < -0.3 is 5.32 Å². The molecular weight excluding hydrogens is 250 g/mol. The SMILES string of the molecule is O=S(=O)(O)C=CCNC12CC3CC(CC(C3)C1)C2. The summed E-state index contributed by atoms with van der Waals surface area (Å²) >= 11 is 0. The molecule has 4 aliphatic rings. The summed E-state index contributed by atoms with van der Waals surface area (Å²) < 4.78 is 29.8. The molecule has 0 aromatic rings. The molecule has 4 nitrogen and oxygen atoms in total. The summed E-state index contributed by atoms with van der Waals surface area (Å²) in [6.07, 6.45) is 9.47. The Kier molecular flexibility index (Phi) is 3.03. The molecule has 4 rings (SSSR count). The fourth-order valence-corrected chi connectivity index (χ4v) is 5.11. The van der Waals surface area contributed by atoms with Crippen molar-refractivity contribution in [2.24, 2.45) is 17.8 Å². The lowest BCUT2D eigenvalue weighted by molar-refractivity contribution is -0.0178. The maximum absolute atomic E-state index is 10.6. The van der Waals surface area contributed by atoms with Crippen LogP contribution in [0.2, 0.25) is 0 Å². The Labute approximate surface area is 109 Å². The third-order valence-corrected chi connectivity index (χ3v) is 5.44. The molecule has 0 saturated heterocycles. The maximum atomic E-state index is 10.6. The molecule has 4 fully saturated rings. The van der Waals surface area contributed by atoms with Gasteiger partial charge in [-0.2, -0.15) is 8.42 Å². The van der Waals surface area contributed by atoms with Crippen molar-refractivity contribution in [2.45, 2.75) is 44.1 Å². The predicted octanol–water partition coefficient (Wildman–Crippen LogP) is 1.95. The van der Waals surface area contributed by atoms with E-state index in [9.17, 15) is 8.42 Å². The number of nitrogens with one attached hydrogen (secondary N) is 1. The first kappa shape index (κ1) is 12.6. The summed E-state index contributed by atoms with van der Waals surface area (Å²) in [5.41, 5.74) is 0.248. The first-order valence-electron chi connectivity index (χ1n) is 6.83. The van der Waals surface area contributed by atoms with E-state index in [0.29, 0.717) is 6.54 Å². The molecule has 0 radical (unpaired) electrons. The second-order valence-electron chi connectivity index (χ2n) is 6.47. The van der Waals surface area contributed by atoms with E-state index in [-0.39, 0.29) is 5.54 Å². The topological polar surface area (TPSA) is 66.4 Å². The Morgan fingerprint density at radius 1 is 1.11 bits per heavy atom. The zero-order chi connectivity index (χ0) is 12.8. The van der Waals surface area contributed by atoms with Gasteiger partial charge in [0.2, 0.25) is 0 Å². The van der Waals surface area contributed by atoms with Crippen LogP contribution in [-0.4, -0.2) is 25.1 Å². The molecule has 0 spiro atoms. The van der Waals surface area contributed by atoms with Crippen LogP contribution in [0, 0.1) is 17.8 Å². The van der Waals surface area contributed by atoms with Crippen molar-refractivity contribution in [3.05, 3.63) is 11.5 Å². The molecule has 4 bridgehead atoms. The van der Waals surface area contributed by atoms with Crippen LogP contribution in [0.1, 0.15) is 38.5 Å². The van der Waals surface area contributed by atoms with E-state index in [4.69, 9.17) is 4.55 Å². The van der Waals surface area contributed by atoms with Crippen molar-refractivity contribution in [3.8, 4) is 0 Å². The van der Waals surface area contributed by atoms with Crippen molar-refractivity contribution >= 4 is 10.1 Å². The smallest absolute Gasteiger partial charge is 0.287 e. The van der Waals surface area contributed by atoms with Crippen LogP contribution >= 0.6 is 0 Å². The molecule has 0 aromatic carbocycles. The average Bonchev–Trinajstić information content (AvgIpc) is 2.21. The zero-order valence-corrected chi connectivity index (χ0v) is 11.3. The molecule has 2 N–H and O–H groups in total. The van der Waals surface area contributed by atoms with Gasteiger partial charge in [-0.05, 0) is 56.3 Å². The highest BCUT2D eigenvalue weighted by Gasteiger charge is 2.50. The second kappa shape index (κ2) is 4.32. The number of hydrogen-bond acceptors (Lipinski definition) is 3. The fourth-order valence-electron chi connectivity index (χ4n) is 4.77. The Bertz CT molecular complexity index is 420. The van der Waals surface area contributed by atoms with E-state index in [1.165, 1.54) is 44.6 Å². The van der Waals surface area contributed by atoms with E-state index in [2.05, 4.69) is 5.32 Å². The van der Waals surface area contributed by atoms with Crippen LogP contribution in [0.3, 0.4) is 0 Å². The van der Waals surface area contributed by atoms with Gasteiger partial charge in [-0.1, -0.05) is 6.08 Å². The monoisotopic (exact) mass is 271 g/mol. The zero-order valence-electron chi connectivity index (χ0n) is 10.5. The van der Waals surface area contributed by atoms with Gasteiger partial charge in [0.25, 0.3) is 10.1 Å². The summed E-state index contributed by atoms with van der Waals surface area (Å²) in [5.74, 6) is 2.65. The first-order chi connectivity index (χ1) is 8.44. The van der Waals surface area contributed by atoms with Crippen LogP contribution < -0.4 is 5.32 Å². The minimum absolute atomic E-state index is 0.248. The molecular formula is C13H21NO3S. The van der Waals surface area contributed by atoms with Crippen molar-refractivity contribution in [3.63, 3.8) is 0 Å². The molecule has 0 heterocycles. The Balaban J connectivity index is 1.61. The summed E-state index contributed by atoms with van der Waals surface area (Å²) in [4.78, 5) is 0. The van der Waals surface area contributed by atoms with E-state index in [1.807, 2.05) is 0 Å². The van der Waals surface area contributed by atoms with E-state index in [0.717, 1.165) is 23.2 Å². The van der Waals surface area contributed by atoms with Gasteiger partial charge in [-0.25, -0.2) is 0 Å². The molecule has 4 aliphatic carbocycles. The van der Waals surface area contributed by atoms with Crippen molar-refractivity contribution in [1.82, 2.24) is 5.32 Å². The highest BCUT2D eigenvalue weighted by atomic mass is 32.2. The van der Waals surface area contributed by atoms with Crippen molar-refractivity contribution < 1.29 is 13.0 Å². The molecule has 5 heteroatoms. The van der Waals surface area contributed by atoms with Gasteiger partial charge in [0, 0.05) is 12.1 Å². The van der Waals surface area contributed by atoms with Gasteiger partial charge in [0.1, 0.15) is 0 Å². The molecule has 4 saturated carbocycles. The lowest BCUT2D eigenvalue weighted by Crippen LogP contribution is -2.58. The summed E-state index contributed by atoms with van der Waals surface area (Å²) in [6, 6.07) is 0. The van der Waals surface area contributed by atoms with Gasteiger partial charge in [0.05, 0.1) is 5.41 Å². The first-order valence-corrected chi connectivity index (χ1v) is 8.33. The minimum atomic E-state index is -3.97. The maximum Gasteiger partial charge on any atom is 0.287 e. The van der Waals surface area contributed by atoms with E-state index >= 15 is 0 Å². The van der Waals surface area contributed by atoms with E-state index in [1.54, 1.807) is 0 Å². The minimum Gasteiger partial charge on any atom is -0.308 e. The Hall–Kier alpha value is -0.390. The third-order valence-electron chi connectivity index (χ3n) is 4.90. The number of hydrogen-bond donors (Lipinski definition) is 2. The van der Waals surface area contributed by atoms with Gasteiger partial charge in [-0.3, -0.25) is 4.55 Å². The number of rotatable bonds is 4. The average molecular weight is 271 g/mol. The van der Waals surface area contributed by atoms with Gasteiger partial charge in [0.15, 0.2) is 0 Å². The molecule has 0 amide bonds. The van der Waals surface area contributed by atoms with Crippen molar-refractivity contribution in [2.75, 3.05) is 6.54 Å². The molecule has 0 aliphatic heterocycles. The molecule has 102 valence electrons. The predicted molar refractivity (Wildman–Crippen MR) is 69.6 cm³/mol. The van der Waals surface area contributed by atoms with Crippen LogP contribution in [0.4, 0.5) is 0 Å². The Morgan fingerprint density at radius 2 is 1.61 bits per heavy atom.